The molecule has 2 aromatic carbocycles. The molecule has 26 heavy (non-hydrogen) atoms. The number of aromatic carboxylic acids is 1. The summed E-state index contributed by atoms with van der Waals surface area (Å²) in [6, 6.07) is 12.6. The van der Waals surface area contributed by atoms with Crippen LogP contribution in [0.4, 0.5) is 5.69 Å². The van der Waals surface area contributed by atoms with Crippen LogP contribution in [-0.2, 0) is 6.54 Å². The third kappa shape index (κ3) is 4.23. The minimum absolute atomic E-state index is 0.0960. The number of anilines is 1. The predicted octanol–water partition coefficient (Wildman–Crippen LogP) is 3.93. The summed E-state index contributed by atoms with van der Waals surface area (Å²) in [6.07, 6.45) is 3.34. The van der Waals surface area contributed by atoms with Gasteiger partial charge in [0.15, 0.2) is 0 Å². The van der Waals surface area contributed by atoms with Gasteiger partial charge in [0.1, 0.15) is 0 Å². The largest absolute Gasteiger partial charge is 0.478 e. The molecule has 0 radical (unpaired) electrons. The monoisotopic (exact) mass is 352 g/mol. The number of carbonyl (C=O) groups is 2. The zero-order valence-electron chi connectivity index (χ0n) is 15.0. The van der Waals surface area contributed by atoms with Crippen LogP contribution in [0.3, 0.4) is 0 Å². The molecule has 1 fully saturated rings. The molecule has 0 spiro atoms. The van der Waals surface area contributed by atoms with Crippen LogP contribution in [0.2, 0.25) is 0 Å². The molecule has 0 atom stereocenters. The summed E-state index contributed by atoms with van der Waals surface area (Å²) in [5.41, 5.74) is 3.72. The molecular formula is C21H24N2O3. The molecule has 1 heterocycles. The Balaban J connectivity index is 1.72. The molecule has 0 aromatic heterocycles. The second-order valence-corrected chi connectivity index (χ2v) is 6.74. The van der Waals surface area contributed by atoms with Crippen molar-refractivity contribution in [1.29, 1.82) is 0 Å². The number of carboxylic acid groups (broad SMARTS) is 1. The predicted molar refractivity (Wildman–Crippen MR) is 102 cm³/mol. The fourth-order valence-electron chi connectivity index (χ4n) is 3.25. The highest BCUT2D eigenvalue weighted by atomic mass is 16.4. The van der Waals surface area contributed by atoms with Crippen molar-refractivity contribution in [3.8, 4) is 0 Å². The lowest BCUT2D eigenvalue weighted by Gasteiger charge is -2.27. The number of piperidine rings is 1. The van der Waals surface area contributed by atoms with Crippen LogP contribution >= 0.6 is 0 Å². The molecule has 0 unspecified atom stereocenters. The van der Waals surface area contributed by atoms with E-state index < -0.39 is 5.97 Å². The van der Waals surface area contributed by atoms with E-state index in [9.17, 15) is 9.59 Å². The van der Waals surface area contributed by atoms with Crippen molar-refractivity contribution < 1.29 is 14.7 Å². The van der Waals surface area contributed by atoms with Crippen molar-refractivity contribution in [3.63, 3.8) is 0 Å². The van der Waals surface area contributed by atoms with Crippen molar-refractivity contribution >= 4 is 17.6 Å². The number of benzene rings is 2. The number of nitrogens with zero attached hydrogens (tertiary/aromatic N) is 1. The normalized spacial score (nSPS) is 14.1. The molecule has 2 N–H and O–H groups in total. The molecule has 5 heteroatoms. The van der Waals surface area contributed by atoms with Crippen LogP contribution in [0.15, 0.2) is 42.5 Å². The van der Waals surface area contributed by atoms with Crippen molar-refractivity contribution in [2.75, 3.05) is 18.4 Å². The van der Waals surface area contributed by atoms with Crippen LogP contribution in [0.1, 0.15) is 51.1 Å². The Morgan fingerprint density at radius 2 is 1.85 bits per heavy atom. The molecule has 1 aliphatic heterocycles. The average molecular weight is 352 g/mol. The van der Waals surface area contributed by atoms with Gasteiger partial charge in [0.2, 0.25) is 0 Å². The molecular weight excluding hydrogens is 328 g/mol. The molecule has 1 saturated heterocycles. The van der Waals surface area contributed by atoms with Crippen LogP contribution < -0.4 is 5.32 Å². The van der Waals surface area contributed by atoms with Gasteiger partial charge in [0.25, 0.3) is 5.91 Å². The standard InChI is InChI=1S/C21H24N2O3/c1-15-8-9-18(13-19(15)20(24)23-10-3-2-4-11-23)22-14-16-6-5-7-17(12-16)21(25)26/h5-9,12-13,22H,2-4,10-11,14H2,1H3,(H,25,26). The van der Waals surface area contributed by atoms with Crippen LogP contribution in [0.25, 0.3) is 0 Å². The van der Waals surface area contributed by atoms with Gasteiger partial charge in [-0.3, -0.25) is 4.79 Å². The number of carboxylic acids is 1. The molecule has 1 aliphatic rings. The van der Waals surface area contributed by atoms with E-state index in [0.29, 0.717) is 6.54 Å². The van der Waals surface area contributed by atoms with Gasteiger partial charge in [-0.2, -0.15) is 0 Å². The molecule has 2 aromatic rings. The van der Waals surface area contributed by atoms with E-state index in [2.05, 4.69) is 5.32 Å². The second kappa shape index (κ2) is 8.04. The number of aryl methyl sites for hydroxylation is 1. The van der Waals surface area contributed by atoms with E-state index in [1.54, 1.807) is 18.2 Å². The number of hydrogen-bond acceptors (Lipinski definition) is 3. The topological polar surface area (TPSA) is 69.6 Å². The maximum Gasteiger partial charge on any atom is 0.335 e. The first kappa shape index (κ1) is 18.0. The molecule has 5 nitrogen and oxygen atoms in total. The summed E-state index contributed by atoms with van der Waals surface area (Å²) in [7, 11) is 0. The van der Waals surface area contributed by atoms with E-state index >= 15 is 0 Å². The summed E-state index contributed by atoms with van der Waals surface area (Å²) in [5, 5.41) is 12.4. The summed E-state index contributed by atoms with van der Waals surface area (Å²) < 4.78 is 0. The first-order valence-electron chi connectivity index (χ1n) is 9.00. The summed E-state index contributed by atoms with van der Waals surface area (Å²) in [4.78, 5) is 25.8. The van der Waals surface area contributed by atoms with Gasteiger partial charge < -0.3 is 15.3 Å². The quantitative estimate of drug-likeness (QED) is 0.855. The maximum atomic E-state index is 12.8. The number of carbonyl (C=O) groups excluding carboxylic acids is 1. The Hall–Kier alpha value is -2.82. The van der Waals surface area contributed by atoms with Gasteiger partial charge in [-0.05, 0) is 61.6 Å². The van der Waals surface area contributed by atoms with Gasteiger partial charge in [-0.15, -0.1) is 0 Å². The fourth-order valence-corrected chi connectivity index (χ4v) is 3.25. The highest BCUT2D eigenvalue weighted by Gasteiger charge is 2.20. The summed E-state index contributed by atoms with van der Waals surface area (Å²) in [6.45, 7) is 4.12. The zero-order valence-corrected chi connectivity index (χ0v) is 15.0. The SMILES string of the molecule is Cc1ccc(NCc2cccc(C(=O)O)c2)cc1C(=O)N1CCCCC1. The Morgan fingerprint density at radius 1 is 1.08 bits per heavy atom. The Kier molecular flexibility index (Phi) is 5.56. The number of hydrogen-bond donors (Lipinski definition) is 2. The van der Waals surface area contributed by atoms with E-state index in [4.69, 9.17) is 5.11 Å². The number of amides is 1. The van der Waals surface area contributed by atoms with Gasteiger partial charge in [0, 0.05) is 30.9 Å². The molecule has 0 bridgehead atoms. The number of nitrogens with one attached hydrogen (secondary N) is 1. The van der Waals surface area contributed by atoms with Crippen LogP contribution in [0, 0.1) is 6.92 Å². The third-order valence-corrected chi connectivity index (χ3v) is 4.78. The van der Waals surface area contributed by atoms with Gasteiger partial charge in [0.05, 0.1) is 5.56 Å². The number of likely N-dealkylation sites (tertiary alicyclic amines) is 1. The van der Waals surface area contributed by atoms with Gasteiger partial charge >= 0.3 is 5.97 Å². The highest BCUT2D eigenvalue weighted by Crippen LogP contribution is 2.20. The first-order valence-corrected chi connectivity index (χ1v) is 9.00. The van der Waals surface area contributed by atoms with Crippen molar-refractivity contribution in [1.82, 2.24) is 4.90 Å². The van der Waals surface area contributed by atoms with Crippen LogP contribution in [0.5, 0.6) is 0 Å². The lowest BCUT2D eigenvalue weighted by molar-refractivity contribution is 0.0694. The average Bonchev–Trinajstić information content (AvgIpc) is 2.67. The van der Waals surface area contributed by atoms with E-state index in [-0.39, 0.29) is 11.5 Å². The molecule has 136 valence electrons. The molecule has 0 saturated carbocycles. The lowest BCUT2D eigenvalue weighted by atomic mass is 10.0. The van der Waals surface area contributed by atoms with E-state index in [1.165, 1.54) is 6.42 Å². The molecule has 3 rings (SSSR count). The van der Waals surface area contributed by atoms with E-state index in [0.717, 1.165) is 48.3 Å². The summed E-state index contributed by atoms with van der Waals surface area (Å²) in [5.74, 6) is -0.838. The Bertz CT molecular complexity index is 811. The van der Waals surface area contributed by atoms with Gasteiger partial charge in [-0.25, -0.2) is 4.79 Å². The van der Waals surface area contributed by atoms with Crippen LogP contribution in [-0.4, -0.2) is 35.0 Å². The minimum atomic E-state index is -0.934. The molecule has 0 aliphatic carbocycles. The van der Waals surface area contributed by atoms with Crippen molar-refractivity contribution in [2.24, 2.45) is 0 Å². The maximum absolute atomic E-state index is 12.8. The Labute approximate surface area is 153 Å². The fraction of sp³-hybridized carbons (Fsp3) is 0.333. The minimum Gasteiger partial charge on any atom is -0.478 e. The first-order chi connectivity index (χ1) is 12.5. The van der Waals surface area contributed by atoms with Crippen molar-refractivity contribution in [2.45, 2.75) is 32.7 Å². The Morgan fingerprint density at radius 3 is 2.58 bits per heavy atom. The highest BCUT2D eigenvalue weighted by molar-refractivity contribution is 5.96. The second-order valence-electron chi connectivity index (χ2n) is 6.74. The van der Waals surface area contributed by atoms with Crippen molar-refractivity contribution in [3.05, 3.63) is 64.7 Å². The smallest absolute Gasteiger partial charge is 0.335 e. The lowest BCUT2D eigenvalue weighted by Crippen LogP contribution is -2.36. The third-order valence-electron chi connectivity index (χ3n) is 4.78. The van der Waals surface area contributed by atoms with E-state index in [1.807, 2.05) is 36.1 Å². The molecule has 1 amide bonds. The summed E-state index contributed by atoms with van der Waals surface area (Å²) >= 11 is 0. The zero-order chi connectivity index (χ0) is 18.5. The van der Waals surface area contributed by atoms with Gasteiger partial charge in [-0.1, -0.05) is 18.2 Å². The number of rotatable bonds is 5.